The van der Waals surface area contributed by atoms with Gasteiger partial charge in [-0.25, -0.2) is 4.98 Å². The van der Waals surface area contributed by atoms with Crippen molar-refractivity contribution in [1.29, 1.82) is 0 Å². The second-order valence-corrected chi connectivity index (χ2v) is 6.56. The number of aromatic nitrogens is 2. The maximum absolute atomic E-state index is 5.67. The monoisotopic (exact) mass is 269 g/mol. The summed E-state index contributed by atoms with van der Waals surface area (Å²) in [6.07, 6.45) is 1.93. The number of hydrogen-bond donors (Lipinski definition) is 0. The Balaban J connectivity index is 2.14. The van der Waals surface area contributed by atoms with Crippen LogP contribution in [0.4, 0.5) is 5.13 Å². The van der Waals surface area contributed by atoms with Crippen molar-refractivity contribution >= 4 is 16.7 Å². The lowest BCUT2D eigenvalue weighted by Gasteiger charge is -2.61. The summed E-state index contributed by atoms with van der Waals surface area (Å²) >= 11 is 1.49. The molecule has 2 unspecified atom stereocenters. The zero-order valence-corrected chi connectivity index (χ0v) is 13.0. The number of aryl methyl sites for hydroxylation is 1. The zero-order chi connectivity index (χ0) is 13.6. The van der Waals surface area contributed by atoms with E-state index in [1.807, 2.05) is 0 Å². The third-order valence-corrected chi connectivity index (χ3v) is 5.62. The van der Waals surface area contributed by atoms with Gasteiger partial charge in [0.1, 0.15) is 5.82 Å². The van der Waals surface area contributed by atoms with Crippen LogP contribution in [0.15, 0.2) is 0 Å². The number of ether oxygens (including phenoxy) is 1. The van der Waals surface area contributed by atoms with Gasteiger partial charge in [0.25, 0.3) is 0 Å². The lowest BCUT2D eigenvalue weighted by molar-refractivity contribution is -0.172. The van der Waals surface area contributed by atoms with Crippen LogP contribution < -0.4 is 4.90 Å². The van der Waals surface area contributed by atoms with Gasteiger partial charge in [0.15, 0.2) is 0 Å². The Hall–Kier alpha value is -0.680. The molecule has 0 radical (unpaired) electrons. The van der Waals surface area contributed by atoms with Crippen LogP contribution in [0.25, 0.3) is 0 Å². The van der Waals surface area contributed by atoms with Gasteiger partial charge in [0, 0.05) is 43.6 Å². The predicted molar refractivity (Wildman–Crippen MR) is 75.3 cm³/mol. The number of anilines is 1. The van der Waals surface area contributed by atoms with Crippen molar-refractivity contribution in [2.45, 2.75) is 52.2 Å². The largest absolute Gasteiger partial charge is 0.378 e. The SMILES string of the molecule is CCc1nsc(N(C)C2CC(C)(OC)C2(C)C)n1. The van der Waals surface area contributed by atoms with Crippen molar-refractivity contribution in [3.05, 3.63) is 5.82 Å². The minimum absolute atomic E-state index is 0.0375. The van der Waals surface area contributed by atoms with Gasteiger partial charge < -0.3 is 9.64 Å². The molecule has 2 atom stereocenters. The lowest BCUT2D eigenvalue weighted by atomic mass is 9.55. The van der Waals surface area contributed by atoms with E-state index in [2.05, 4.69) is 49.0 Å². The summed E-state index contributed by atoms with van der Waals surface area (Å²) in [6.45, 7) is 8.81. The van der Waals surface area contributed by atoms with E-state index in [1.54, 1.807) is 7.11 Å². The maximum Gasteiger partial charge on any atom is 0.205 e. The molecule has 2 rings (SSSR count). The Labute approximate surface area is 114 Å². The van der Waals surface area contributed by atoms with Crippen LogP contribution in [0.3, 0.4) is 0 Å². The molecule has 0 aliphatic heterocycles. The van der Waals surface area contributed by atoms with E-state index >= 15 is 0 Å². The molecule has 1 aliphatic rings. The first kappa shape index (κ1) is 13.7. The molecule has 0 spiro atoms. The number of nitrogens with zero attached hydrogens (tertiary/aromatic N) is 3. The number of methoxy groups -OCH3 is 1. The van der Waals surface area contributed by atoms with Crippen LogP contribution in [-0.4, -0.2) is 35.2 Å². The molecule has 5 heteroatoms. The first-order valence-electron chi connectivity index (χ1n) is 6.46. The van der Waals surface area contributed by atoms with Gasteiger partial charge in [-0.15, -0.1) is 0 Å². The Morgan fingerprint density at radius 3 is 2.56 bits per heavy atom. The van der Waals surface area contributed by atoms with Crippen LogP contribution in [0, 0.1) is 5.41 Å². The molecule has 1 fully saturated rings. The van der Waals surface area contributed by atoms with E-state index in [-0.39, 0.29) is 11.0 Å². The molecule has 1 aromatic heterocycles. The number of rotatable bonds is 4. The van der Waals surface area contributed by atoms with Gasteiger partial charge in [-0.05, 0) is 13.3 Å². The normalized spacial score (nSPS) is 30.0. The highest BCUT2D eigenvalue weighted by molar-refractivity contribution is 7.09. The molecule has 102 valence electrons. The average Bonchev–Trinajstić information content (AvgIpc) is 2.83. The molecular weight excluding hydrogens is 246 g/mol. The molecular formula is C13H23N3OS. The van der Waals surface area contributed by atoms with Crippen LogP contribution in [-0.2, 0) is 11.2 Å². The summed E-state index contributed by atoms with van der Waals surface area (Å²) < 4.78 is 10.0. The molecule has 4 nitrogen and oxygen atoms in total. The summed E-state index contributed by atoms with van der Waals surface area (Å²) in [4.78, 5) is 6.82. The molecule has 0 aromatic carbocycles. The molecule has 1 heterocycles. The van der Waals surface area contributed by atoms with Gasteiger partial charge >= 0.3 is 0 Å². The van der Waals surface area contributed by atoms with Gasteiger partial charge in [-0.2, -0.15) is 4.37 Å². The zero-order valence-electron chi connectivity index (χ0n) is 12.1. The van der Waals surface area contributed by atoms with E-state index in [9.17, 15) is 0 Å². The highest BCUT2D eigenvalue weighted by atomic mass is 32.1. The number of hydrogen-bond acceptors (Lipinski definition) is 5. The molecule has 18 heavy (non-hydrogen) atoms. The Morgan fingerprint density at radius 1 is 1.44 bits per heavy atom. The van der Waals surface area contributed by atoms with Gasteiger partial charge in [-0.1, -0.05) is 20.8 Å². The molecule has 0 saturated heterocycles. The lowest BCUT2D eigenvalue weighted by Crippen LogP contribution is -2.68. The average molecular weight is 269 g/mol. The van der Waals surface area contributed by atoms with Crippen LogP contribution in [0.1, 0.15) is 39.9 Å². The van der Waals surface area contributed by atoms with Crippen molar-refractivity contribution in [3.8, 4) is 0 Å². The quantitative estimate of drug-likeness (QED) is 0.842. The van der Waals surface area contributed by atoms with Crippen molar-refractivity contribution in [3.63, 3.8) is 0 Å². The Bertz CT molecular complexity index is 432. The van der Waals surface area contributed by atoms with Gasteiger partial charge in [0.05, 0.1) is 5.60 Å². The fourth-order valence-electron chi connectivity index (χ4n) is 2.74. The molecule has 0 amide bonds. The molecule has 1 aromatic rings. The Kier molecular flexibility index (Phi) is 3.40. The summed E-state index contributed by atoms with van der Waals surface area (Å²) in [5.74, 6) is 0.938. The van der Waals surface area contributed by atoms with Crippen molar-refractivity contribution in [2.75, 3.05) is 19.1 Å². The molecule has 0 N–H and O–H groups in total. The minimum atomic E-state index is -0.0375. The highest BCUT2D eigenvalue weighted by Crippen LogP contribution is 2.54. The van der Waals surface area contributed by atoms with Crippen molar-refractivity contribution < 1.29 is 4.74 Å². The van der Waals surface area contributed by atoms with E-state index in [1.165, 1.54) is 11.5 Å². The van der Waals surface area contributed by atoms with E-state index in [4.69, 9.17) is 4.74 Å². The summed E-state index contributed by atoms with van der Waals surface area (Å²) in [6, 6.07) is 0.458. The minimum Gasteiger partial charge on any atom is -0.378 e. The fraction of sp³-hybridized carbons (Fsp3) is 0.846. The first-order valence-corrected chi connectivity index (χ1v) is 7.23. The standard InChI is InChI=1S/C13H23N3OS/c1-7-10-14-11(18-15-10)16(5)9-8-13(4,17-6)12(9,2)3/h9H,7-8H2,1-6H3. The van der Waals surface area contributed by atoms with Crippen molar-refractivity contribution in [2.24, 2.45) is 5.41 Å². The maximum atomic E-state index is 5.67. The molecule has 1 aliphatic carbocycles. The summed E-state index contributed by atoms with van der Waals surface area (Å²) in [5.41, 5.74) is 0.0821. The smallest absolute Gasteiger partial charge is 0.205 e. The molecule has 0 bridgehead atoms. The summed E-state index contributed by atoms with van der Waals surface area (Å²) in [5, 5.41) is 1.02. The van der Waals surface area contributed by atoms with Crippen molar-refractivity contribution in [1.82, 2.24) is 9.36 Å². The topological polar surface area (TPSA) is 38.2 Å². The predicted octanol–water partition coefficient (Wildman–Crippen LogP) is 2.74. The third kappa shape index (κ3) is 1.84. The second kappa shape index (κ2) is 4.46. The summed E-state index contributed by atoms with van der Waals surface area (Å²) in [7, 11) is 3.92. The Morgan fingerprint density at radius 2 is 2.11 bits per heavy atom. The second-order valence-electron chi connectivity index (χ2n) is 5.83. The van der Waals surface area contributed by atoms with Crippen LogP contribution in [0.5, 0.6) is 0 Å². The highest BCUT2D eigenvalue weighted by Gasteiger charge is 2.59. The van der Waals surface area contributed by atoms with E-state index in [0.717, 1.165) is 23.8 Å². The van der Waals surface area contributed by atoms with Gasteiger partial charge in [-0.3, -0.25) is 0 Å². The third-order valence-electron chi connectivity index (χ3n) is 4.77. The van der Waals surface area contributed by atoms with Crippen LogP contribution >= 0.6 is 11.5 Å². The first-order chi connectivity index (χ1) is 8.35. The fourth-order valence-corrected chi connectivity index (χ4v) is 3.50. The van der Waals surface area contributed by atoms with Gasteiger partial charge in [0.2, 0.25) is 5.13 Å². The van der Waals surface area contributed by atoms with E-state index < -0.39 is 0 Å². The van der Waals surface area contributed by atoms with Crippen LogP contribution in [0.2, 0.25) is 0 Å². The molecule has 1 saturated carbocycles. The van der Waals surface area contributed by atoms with E-state index in [0.29, 0.717) is 6.04 Å².